The summed E-state index contributed by atoms with van der Waals surface area (Å²) in [6.07, 6.45) is 53.7. The van der Waals surface area contributed by atoms with Crippen molar-refractivity contribution < 1.29 is 9.47 Å². The highest BCUT2D eigenvalue weighted by Crippen LogP contribution is 2.25. The van der Waals surface area contributed by atoms with E-state index in [2.05, 4.69) is 74.8 Å². The zero-order chi connectivity index (χ0) is 33.0. The van der Waals surface area contributed by atoms with E-state index in [0.29, 0.717) is 6.04 Å². The lowest BCUT2D eigenvalue weighted by Crippen LogP contribution is -2.44. The average Bonchev–Trinajstić information content (AvgIpc) is 3.07. The van der Waals surface area contributed by atoms with Crippen molar-refractivity contribution in [1.29, 1.82) is 0 Å². The van der Waals surface area contributed by atoms with Gasteiger partial charge in [-0.05, 0) is 103 Å². The molecule has 3 heteroatoms. The second-order valence-electron chi connectivity index (χ2n) is 13.8. The molecule has 0 radical (unpaired) electrons. The zero-order valence-corrected chi connectivity index (χ0v) is 31.2. The lowest BCUT2D eigenvalue weighted by molar-refractivity contribution is -0.0984. The Balaban J connectivity index is 2.00. The molecule has 0 unspecified atom stereocenters. The van der Waals surface area contributed by atoms with E-state index in [1.54, 1.807) is 0 Å². The molecule has 1 fully saturated rings. The van der Waals surface area contributed by atoms with Crippen LogP contribution in [0.15, 0.2) is 48.6 Å². The molecule has 46 heavy (non-hydrogen) atoms. The summed E-state index contributed by atoms with van der Waals surface area (Å²) in [4.78, 5) is 0. The monoisotopic (exact) mass is 642 g/mol. The van der Waals surface area contributed by atoms with Gasteiger partial charge in [0.25, 0.3) is 0 Å². The Morgan fingerprint density at radius 1 is 0.457 bits per heavy atom. The Morgan fingerprint density at radius 2 is 0.848 bits per heavy atom. The fourth-order valence-electron chi connectivity index (χ4n) is 6.38. The first-order valence-corrected chi connectivity index (χ1v) is 20.3. The van der Waals surface area contributed by atoms with Gasteiger partial charge in [-0.3, -0.25) is 0 Å². The van der Waals surface area contributed by atoms with E-state index >= 15 is 0 Å². The van der Waals surface area contributed by atoms with Gasteiger partial charge in [0.2, 0.25) is 0 Å². The summed E-state index contributed by atoms with van der Waals surface area (Å²) < 4.78 is 12.9. The molecular weight excluding hydrogens is 562 g/mol. The molecule has 1 rings (SSSR count). The van der Waals surface area contributed by atoms with E-state index in [4.69, 9.17) is 9.47 Å². The summed E-state index contributed by atoms with van der Waals surface area (Å²) in [6.45, 7) is 6.32. The van der Waals surface area contributed by atoms with Crippen molar-refractivity contribution in [3.63, 3.8) is 0 Å². The van der Waals surface area contributed by atoms with Gasteiger partial charge in [-0.25, -0.2) is 0 Å². The first-order chi connectivity index (χ1) is 22.8. The molecule has 1 aliphatic rings. The van der Waals surface area contributed by atoms with Crippen molar-refractivity contribution in [1.82, 2.24) is 5.32 Å². The summed E-state index contributed by atoms with van der Waals surface area (Å²) in [5.74, 6) is 0. The second-order valence-corrected chi connectivity index (χ2v) is 13.8. The highest BCUT2D eigenvalue weighted by Gasteiger charge is 2.31. The Bertz CT molecular complexity index is 726. The number of allylic oxidation sites excluding steroid dienone is 8. The van der Waals surface area contributed by atoms with Crippen molar-refractivity contribution >= 4 is 0 Å². The van der Waals surface area contributed by atoms with E-state index in [9.17, 15) is 0 Å². The summed E-state index contributed by atoms with van der Waals surface area (Å²) in [7, 11) is 2.09. The zero-order valence-electron chi connectivity index (χ0n) is 31.2. The van der Waals surface area contributed by atoms with Crippen LogP contribution in [0.3, 0.4) is 0 Å². The van der Waals surface area contributed by atoms with Crippen molar-refractivity contribution in [2.24, 2.45) is 0 Å². The summed E-state index contributed by atoms with van der Waals surface area (Å²) >= 11 is 0. The molecule has 0 bridgehead atoms. The first kappa shape index (κ1) is 42.9. The molecule has 0 spiro atoms. The SMILES string of the molecule is CCCCC/C=C\C/C=C\CCCCCCCCO[C@H]1C[C@H](NC)CC[C@H]1OCCCCCCCC/C=C\C/C=C\CCCCC. The molecule has 3 nitrogen and oxygen atoms in total. The largest absolute Gasteiger partial charge is 0.376 e. The van der Waals surface area contributed by atoms with Crippen LogP contribution in [-0.2, 0) is 9.47 Å². The minimum Gasteiger partial charge on any atom is -0.376 e. The molecule has 1 aliphatic carbocycles. The lowest BCUT2D eigenvalue weighted by atomic mass is 9.90. The number of hydrogen-bond acceptors (Lipinski definition) is 3. The highest BCUT2D eigenvalue weighted by atomic mass is 16.5. The van der Waals surface area contributed by atoms with E-state index in [0.717, 1.165) is 38.9 Å². The molecule has 1 N–H and O–H groups in total. The molecule has 0 aromatic rings. The van der Waals surface area contributed by atoms with Gasteiger partial charge >= 0.3 is 0 Å². The van der Waals surface area contributed by atoms with Gasteiger partial charge in [-0.15, -0.1) is 0 Å². The molecule has 3 atom stereocenters. The topological polar surface area (TPSA) is 30.5 Å². The maximum Gasteiger partial charge on any atom is 0.0851 e. The van der Waals surface area contributed by atoms with Crippen molar-refractivity contribution in [3.05, 3.63) is 48.6 Å². The van der Waals surface area contributed by atoms with Crippen molar-refractivity contribution in [3.8, 4) is 0 Å². The van der Waals surface area contributed by atoms with Gasteiger partial charge in [-0.1, -0.05) is 140 Å². The summed E-state index contributed by atoms with van der Waals surface area (Å²) in [5.41, 5.74) is 0. The number of nitrogens with one attached hydrogen (secondary N) is 1. The van der Waals surface area contributed by atoms with Crippen LogP contribution in [0.25, 0.3) is 0 Å². The minimum absolute atomic E-state index is 0.258. The number of hydrogen-bond donors (Lipinski definition) is 1. The van der Waals surface area contributed by atoms with Gasteiger partial charge in [0.15, 0.2) is 0 Å². The molecule has 0 amide bonds. The third-order valence-corrected chi connectivity index (χ3v) is 9.49. The number of unbranched alkanes of at least 4 members (excludes halogenated alkanes) is 18. The van der Waals surface area contributed by atoms with Gasteiger partial charge in [-0.2, -0.15) is 0 Å². The average molecular weight is 642 g/mol. The number of ether oxygens (including phenoxy) is 2. The maximum absolute atomic E-state index is 6.44. The molecule has 0 saturated heterocycles. The Kier molecular flexibility index (Phi) is 32.8. The van der Waals surface area contributed by atoms with Crippen LogP contribution in [0.5, 0.6) is 0 Å². The van der Waals surface area contributed by atoms with Gasteiger partial charge in [0.05, 0.1) is 12.2 Å². The van der Waals surface area contributed by atoms with E-state index in [-0.39, 0.29) is 12.2 Å². The molecular formula is C43H79NO2. The van der Waals surface area contributed by atoms with Crippen molar-refractivity contribution in [2.75, 3.05) is 20.3 Å². The van der Waals surface area contributed by atoms with E-state index < -0.39 is 0 Å². The molecule has 0 aliphatic heterocycles. The van der Waals surface area contributed by atoms with Crippen LogP contribution in [0.2, 0.25) is 0 Å². The predicted molar refractivity (Wildman–Crippen MR) is 205 cm³/mol. The molecule has 268 valence electrons. The van der Waals surface area contributed by atoms with Crippen LogP contribution < -0.4 is 5.32 Å². The third kappa shape index (κ3) is 27.9. The van der Waals surface area contributed by atoms with Gasteiger partial charge < -0.3 is 14.8 Å². The number of rotatable bonds is 33. The maximum atomic E-state index is 6.44. The molecule has 0 heterocycles. The lowest BCUT2D eigenvalue weighted by Gasteiger charge is -2.36. The third-order valence-electron chi connectivity index (χ3n) is 9.49. The quantitative estimate of drug-likeness (QED) is 0.0571. The first-order valence-electron chi connectivity index (χ1n) is 20.3. The van der Waals surface area contributed by atoms with Crippen LogP contribution in [0.4, 0.5) is 0 Å². The summed E-state index contributed by atoms with van der Waals surface area (Å²) in [5, 5.41) is 3.49. The normalized spacial score (nSPS) is 19.2. The van der Waals surface area contributed by atoms with E-state index in [1.165, 1.54) is 148 Å². The molecule has 0 aromatic heterocycles. The molecule has 0 aromatic carbocycles. The smallest absolute Gasteiger partial charge is 0.0851 e. The van der Waals surface area contributed by atoms with Gasteiger partial charge in [0, 0.05) is 19.3 Å². The Morgan fingerprint density at radius 3 is 1.28 bits per heavy atom. The Hall–Kier alpha value is -1.16. The van der Waals surface area contributed by atoms with Crippen LogP contribution >= 0.6 is 0 Å². The second kappa shape index (κ2) is 35.2. The van der Waals surface area contributed by atoms with E-state index in [1.807, 2.05) is 0 Å². The molecule has 1 saturated carbocycles. The standard InChI is InChI=1S/C43H79NO2/c1-4-6-8-10-12-14-16-18-20-22-24-26-28-30-32-34-38-45-42-37-36-41(44-3)40-43(42)46-39-35-33-31-29-27-25-23-21-19-17-15-13-11-9-7-5-2/h12-15,18-21,41-44H,4-11,16-17,22-40H2,1-3H3/b14-12-,15-13-,20-18-,21-19-/t41-,42-,43+/m1/s1. The van der Waals surface area contributed by atoms with Crippen LogP contribution in [0, 0.1) is 0 Å². The predicted octanol–water partition coefficient (Wildman–Crippen LogP) is 13.2. The summed E-state index contributed by atoms with van der Waals surface area (Å²) in [6, 6.07) is 0.572. The Labute approximate surface area is 288 Å². The minimum atomic E-state index is 0.258. The van der Waals surface area contributed by atoms with Gasteiger partial charge in [0.1, 0.15) is 0 Å². The van der Waals surface area contributed by atoms with Crippen LogP contribution in [-0.4, -0.2) is 38.5 Å². The highest BCUT2D eigenvalue weighted by molar-refractivity contribution is 4.93. The van der Waals surface area contributed by atoms with Crippen LogP contribution in [0.1, 0.15) is 187 Å². The fraction of sp³-hybridized carbons (Fsp3) is 0.814. The fourth-order valence-corrected chi connectivity index (χ4v) is 6.38. The van der Waals surface area contributed by atoms with Crippen molar-refractivity contribution in [2.45, 2.75) is 205 Å².